The van der Waals surface area contributed by atoms with Crippen molar-refractivity contribution in [3.8, 4) is 5.75 Å². The Hall–Kier alpha value is -2.40. The Morgan fingerprint density at radius 2 is 2.05 bits per heavy atom. The molecule has 0 unspecified atom stereocenters. The molecule has 0 saturated heterocycles. The molecule has 0 fully saturated rings. The summed E-state index contributed by atoms with van der Waals surface area (Å²) in [5.74, 6) is 0.835. The standard InChI is InChI=1S/C16H14N2O2S/c1-20-13-6-7-14-15(8-13)21-16(18-14)17-9-11-2-4-12(10-19)5-3-11/h2-8,10H,9H2,1H3,(H,17,18). The summed E-state index contributed by atoms with van der Waals surface area (Å²) in [4.78, 5) is 15.1. The summed E-state index contributed by atoms with van der Waals surface area (Å²) in [5.41, 5.74) is 2.75. The van der Waals surface area contributed by atoms with Gasteiger partial charge in [0.05, 0.1) is 17.3 Å². The molecule has 0 aliphatic heterocycles. The second-order valence-electron chi connectivity index (χ2n) is 4.57. The maximum absolute atomic E-state index is 10.6. The van der Waals surface area contributed by atoms with E-state index >= 15 is 0 Å². The molecule has 21 heavy (non-hydrogen) atoms. The molecule has 0 aliphatic carbocycles. The quantitative estimate of drug-likeness (QED) is 0.729. The van der Waals surface area contributed by atoms with Gasteiger partial charge in [-0.25, -0.2) is 4.98 Å². The minimum absolute atomic E-state index is 0.677. The Morgan fingerprint density at radius 3 is 2.76 bits per heavy atom. The average molecular weight is 298 g/mol. The molecule has 4 nitrogen and oxygen atoms in total. The van der Waals surface area contributed by atoms with Crippen molar-refractivity contribution >= 4 is 33.0 Å². The molecule has 1 N–H and O–H groups in total. The first-order chi connectivity index (χ1) is 10.3. The summed E-state index contributed by atoms with van der Waals surface area (Å²) >= 11 is 1.60. The lowest BCUT2D eigenvalue weighted by Gasteiger charge is -2.02. The predicted octanol–water partition coefficient (Wildman–Crippen LogP) is 3.73. The lowest BCUT2D eigenvalue weighted by molar-refractivity contribution is 0.112. The van der Waals surface area contributed by atoms with Crippen molar-refractivity contribution in [1.29, 1.82) is 0 Å². The second kappa shape index (κ2) is 5.93. The molecule has 0 radical (unpaired) electrons. The molecule has 0 spiro atoms. The summed E-state index contributed by atoms with van der Waals surface area (Å²) in [5, 5.41) is 4.18. The number of nitrogens with zero attached hydrogens (tertiary/aromatic N) is 1. The monoisotopic (exact) mass is 298 g/mol. The largest absolute Gasteiger partial charge is 0.497 e. The van der Waals surface area contributed by atoms with E-state index in [1.54, 1.807) is 18.4 Å². The first-order valence-electron chi connectivity index (χ1n) is 6.51. The smallest absolute Gasteiger partial charge is 0.184 e. The number of nitrogens with one attached hydrogen (secondary N) is 1. The number of methoxy groups -OCH3 is 1. The number of benzene rings is 2. The number of ether oxygens (including phenoxy) is 1. The van der Waals surface area contributed by atoms with Gasteiger partial charge in [-0.3, -0.25) is 4.79 Å². The molecule has 0 atom stereocenters. The van der Waals surface area contributed by atoms with E-state index in [1.165, 1.54) is 0 Å². The van der Waals surface area contributed by atoms with Crippen LogP contribution in [0.1, 0.15) is 15.9 Å². The number of carbonyl (C=O) groups excluding carboxylic acids is 1. The molecule has 0 amide bonds. The van der Waals surface area contributed by atoms with E-state index in [0.717, 1.165) is 32.9 Å². The normalized spacial score (nSPS) is 10.5. The van der Waals surface area contributed by atoms with Gasteiger partial charge in [0.2, 0.25) is 0 Å². The number of fused-ring (bicyclic) bond motifs is 1. The Balaban J connectivity index is 1.73. The van der Waals surface area contributed by atoms with E-state index in [1.807, 2.05) is 42.5 Å². The molecule has 3 rings (SSSR count). The molecule has 0 bridgehead atoms. The number of hydrogen-bond acceptors (Lipinski definition) is 5. The van der Waals surface area contributed by atoms with Crippen molar-refractivity contribution in [2.75, 3.05) is 12.4 Å². The zero-order valence-corrected chi connectivity index (χ0v) is 12.3. The molecular weight excluding hydrogens is 284 g/mol. The number of rotatable bonds is 5. The van der Waals surface area contributed by atoms with E-state index in [2.05, 4.69) is 10.3 Å². The van der Waals surface area contributed by atoms with Crippen molar-refractivity contribution in [2.24, 2.45) is 0 Å². The molecule has 5 heteroatoms. The first kappa shape index (κ1) is 13.6. The fourth-order valence-corrected chi connectivity index (χ4v) is 2.89. The summed E-state index contributed by atoms with van der Waals surface area (Å²) < 4.78 is 6.30. The van der Waals surface area contributed by atoms with Crippen LogP contribution in [0.15, 0.2) is 42.5 Å². The number of carbonyl (C=O) groups is 1. The maximum Gasteiger partial charge on any atom is 0.184 e. The molecular formula is C16H14N2O2S. The molecule has 2 aromatic carbocycles. The highest BCUT2D eigenvalue weighted by Crippen LogP contribution is 2.29. The summed E-state index contributed by atoms with van der Waals surface area (Å²) in [6, 6.07) is 13.3. The summed E-state index contributed by atoms with van der Waals surface area (Å²) in [6.45, 7) is 0.677. The topological polar surface area (TPSA) is 51.2 Å². The Kier molecular flexibility index (Phi) is 3.83. The van der Waals surface area contributed by atoms with E-state index in [0.29, 0.717) is 12.1 Å². The van der Waals surface area contributed by atoms with E-state index < -0.39 is 0 Å². The SMILES string of the molecule is COc1ccc2nc(NCc3ccc(C=O)cc3)sc2c1. The molecule has 1 heterocycles. The second-order valence-corrected chi connectivity index (χ2v) is 5.60. The molecule has 0 saturated carbocycles. The van der Waals surface area contributed by atoms with Gasteiger partial charge in [0, 0.05) is 12.1 Å². The van der Waals surface area contributed by atoms with Gasteiger partial charge in [-0.05, 0) is 23.8 Å². The van der Waals surface area contributed by atoms with Crippen LogP contribution in [-0.2, 0) is 6.54 Å². The number of aromatic nitrogens is 1. The highest BCUT2D eigenvalue weighted by Gasteiger charge is 2.05. The van der Waals surface area contributed by atoms with Crippen LogP contribution in [0.5, 0.6) is 5.75 Å². The third kappa shape index (κ3) is 3.03. The lowest BCUT2D eigenvalue weighted by atomic mass is 10.1. The van der Waals surface area contributed by atoms with Gasteiger partial charge < -0.3 is 10.1 Å². The molecule has 3 aromatic rings. The number of hydrogen-bond donors (Lipinski definition) is 1. The van der Waals surface area contributed by atoms with Gasteiger partial charge in [0.15, 0.2) is 5.13 Å². The Labute approximate surface area is 126 Å². The van der Waals surface area contributed by atoms with Gasteiger partial charge in [0.1, 0.15) is 12.0 Å². The number of thiazole rings is 1. The third-order valence-corrected chi connectivity index (χ3v) is 4.13. The van der Waals surface area contributed by atoms with Gasteiger partial charge >= 0.3 is 0 Å². The predicted molar refractivity (Wildman–Crippen MR) is 85.3 cm³/mol. The first-order valence-corrected chi connectivity index (χ1v) is 7.33. The Bertz CT molecular complexity index is 766. The van der Waals surface area contributed by atoms with Crippen molar-refractivity contribution in [1.82, 2.24) is 4.98 Å². The molecule has 1 aromatic heterocycles. The highest BCUT2D eigenvalue weighted by molar-refractivity contribution is 7.22. The maximum atomic E-state index is 10.6. The van der Waals surface area contributed by atoms with Crippen LogP contribution in [0, 0.1) is 0 Å². The van der Waals surface area contributed by atoms with Gasteiger partial charge in [0.25, 0.3) is 0 Å². The number of aldehydes is 1. The van der Waals surface area contributed by atoms with Crippen LogP contribution >= 0.6 is 11.3 Å². The van der Waals surface area contributed by atoms with Crippen molar-refractivity contribution in [3.63, 3.8) is 0 Å². The lowest BCUT2D eigenvalue weighted by Crippen LogP contribution is -1.98. The van der Waals surface area contributed by atoms with Crippen LogP contribution in [0.4, 0.5) is 5.13 Å². The zero-order chi connectivity index (χ0) is 14.7. The van der Waals surface area contributed by atoms with Crippen LogP contribution in [0.3, 0.4) is 0 Å². The van der Waals surface area contributed by atoms with Crippen LogP contribution in [-0.4, -0.2) is 18.4 Å². The van der Waals surface area contributed by atoms with Gasteiger partial charge in [-0.2, -0.15) is 0 Å². The fraction of sp³-hybridized carbons (Fsp3) is 0.125. The summed E-state index contributed by atoms with van der Waals surface area (Å²) in [7, 11) is 1.66. The van der Waals surface area contributed by atoms with Crippen LogP contribution in [0.25, 0.3) is 10.2 Å². The van der Waals surface area contributed by atoms with E-state index in [4.69, 9.17) is 4.74 Å². The van der Waals surface area contributed by atoms with Crippen molar-refractivity contribution in [3.05, 3.63) is 53.6 Å². The molecule has 106 valence electrons. The zero-order valence-electron chi connectivity index (χ0n) is 11.5. The van der Waals surface area contributed by atoms with Crippen LogP contribution < -0.4 is 10.1 Å². The van der Waals surface area contributed by atoms with Crippen molar-refractivity contribution < 1.29 is 9.53 Å². The van der Waals surface area contributed by atoms with Crippen molar-refractivity contribution in [2.45, 2.75) is 6.54 Å². The van der Waals surface area contributed by atoms with Gasteiger partial charge in [-0.15, -0.1) is 0 Å². The van der Waals surface area contributed by atoms with E-state index in [-0.39, 0.29) is 0 Å². The Morgan fingerprint density at radius 1 is 1.24 bits per heavy atom. The number of anilines is 1. The van der Waals surface area contributed by atoms with Gasteiger partial charge in [-0.1, -0.05) is 35.6 Å². The minimum Gasteiger partial charge on any atom is -0.497 e. The third-order valence-electron chi connectivity index (χ3n) is 3.16. The highest BCUT2D eigenvalue weighted by atomic mass is 32.1. The fourth-order valence-electron chi connectivity index (χ4n) is 2.00. The summed E-state index contributed by atoms with van der Waals surface area (Å²) in [6.07, 6.45) is 0.845. The minimum atomic E-state index is 0.677. The molecule has 0 aliphatic rings. The average Bonchev–Trinajstić information content (AvgIpc) is 2.95. The van der Waals surface area contributed by atoms with E-state index in [9.17, 15) is 4.79 Å². The van der Waals surface area contributed by atoms with Crippen LogP contribution in [0.2, 0.25) is 0 Å².